The fraction of sp³-hybridized carbons (Fsp3) is 1.00. The lowest BCUT2D eigenvalue weighted by Crippen LogP contribution is -2.54. The van der Waals surface area contributed by atoms with Gasteiger partial charge < -0.3 is 5.32 Å². The second kappa shape index (κ2) is 5.50. The highest BCUT2D eigenvalue weighted by atomic mass is 15.2. The first-order valence-electron chi connectivity index (χ1n) is 6.80. The lowest BCUT2D eigenvalue weighted by Gasteiger charge is -2.48. The van der Waals surface area contributed by atoms with Gasteiger partial charge in [-0.3, -0.25) is 4.90 Å². The largest absolute Gasteiger partial charge is 0.317 e. The molecule has 1 saturated carbocycles. The van der Waals surface area contributed by atoms with Crippen molar-refractivity contribution >= 4 is 0 Å². The molecule has 0 aromatic heterocycles. The fourth-order valence-corrected chi connectivity index (χ4v) is 2.55. The fourth-order valence-electron chi connectivity index (χ4n) is 2.55. The Hall–Kier alpha value is -0.0800. The van der Waals surface area contributed by atoms with Gasteiger partial charge in [-0.25, -0.2) is 0 Å². The van der Waals surface area contributed by atoms with E-state index in [4.69, 9.17) is 0 Å². The molecular formula is C14H30N2. The average molecular weight is 226 g/mol. The zero-order valence-electron chi connectivity index (χ0n) is 12.0. The van der Waals surface area contributed by atoms with Crippen LogP contribution >= 0.6 is 0 Å². The molecule has 0 bridgehead atoms. The van der Waals surface area contributed by atoms with Crippen LogP contribution in [-0.4, -0.2) is 37.1 Å². The summed E-state index contributed by atoms with van der Waals surface area (Å²) in [6, 6.07) is 1.45. The van der Waals surface area contributed by atoms with Crippen molar-refractivity contribution < 1.29 is 0 Å². The highest BCUT2D eigenvalue weighted by molar-refractivity contribution is 4.92. The molecule has 0 heterocycles. The molecule has 96 valence electrons. The molecule has 3 unspecified atom stereocenters. The van der Waals surface area contributed by atoms with E-state index in [-0.39, 0.29) is 0 Å². The molecule has 0 saturated heterocycles. The maximum absolute atomic E-state index is 3.49. The van der Waals surface area contributed by atoms with E-state index >= 15 is 0 Å². The Morgan fingerprint density at radius 1 is 1.31 bits per heavy atom. The van der Waals surface area contributed by atoms with E-state index in [1.165, 1.54) is 19.4 Å². The first-order valence-corrected chi connectivity index (χ1v) is 6.80. The minimum Gasteiger partial charge on any atom is -0.317 e. The second-order valence-corrected chi connectivity index (χ2v) is 6.42. The molecular weight excluding hydrogens is 196 g/mol. The number of rotatable bonds is 5. The number of hydrogen-bond acceptors (Lipinski definition) is 2. The quantitative estimate of drug-likeness (QED) is 0.775. The Bertz CT molecular complexity index is 207. The zero-order valence-corrected chi connectivity index (χ0v) is 12.0. The Kier molecular flexibility index (Phi) is 4.81. The van der Waals surface area contributed by atoms with Crippen molar-refractivity contribution in [3.63, 3.8) is 0 Å². The maximum Gasteiger partial charge on any atom is 0.0136 e. The van der Waals surface area contributed by atoms with Crippen molar-refractivity contribution in [3.05, 3.63) is 0 Å². The molecule has 0 amide bonds. The molecule has 16 heavy (non-hydrogen) atoms. The summed E-state index contributed by atoms with van der Waals surface area (Å²) in [5, 5.41) is 3.49. The van der Waals surface area contributed by atoms with Gasteiger partial charge in [-0.1, -0.05) is 27.7 Å². The first kappa shape index (κ1) is 14.0. The summed E-state index contributed by atoms with van der Waals surface area (Å²) in [4.78, 5) is 2.60. The van der Waals surface area contributed by atoms with Crippen molar-refractivity contribution in [1.82, 2.24) is 10.2 Å². The van der Waals surface area contributed by atoms with Gasteiger partial charge in [-0.2, -0.15) is 0 Å². The van der Waals surface area contributed by atoms with Gasteiger partial charge in [-0.15, -0.1) is 0 Å². The smallest absolute Gasteiger partial charge is 0.0136 e. The van der Waals surface area contributed by atoms with Crippen LogP contribution in [0.25, 0.3) is 0 Å². The van der Waals surface area contributed by atoms with E-state index in [1.54, 1.807) is 0 Å². The molecule has 0 spiro atoms. The van der Waals surface area contributed by atoms with Gasteiger partial charge in [0.25, 0.3) is 0 Å². The molecule has 1 aliphatic carbocycles. The molecule has 1 N–H and O–H groups in total. The molecule has 1 aliphatic rings. The predicted molar refractivity (Wildman–Crippen MR) is 71.7 cm³/mol. The van der Waals surface area contributed by atoms with Gasteiger partial charge in [0.1, 0.15) is 0 Å². The number of hydrogen-bond donors (Lipinski definition) is 1. The number of nitrogens with zero attached hydrogens (tertiary/aromatic N) is 1. The van der Waals surface area contributed by atoms with Gasteiger partial charge in [0, 0.05) is 12.1 Å². The van der Waals surface area contributed by atoms with E-state index < -0.39 is 0 Å². The molecule has 1 rings (SSSR count). The minimum atomic E-state index is 0.382. The van der Waals surface area contributed by atoms with Crippen LogP contribution in [0.4, 0.5) is 0 Å². The molecule has 2 heteroatoms. The van der Waals surface area contributed by atoms with Crippen molar-refractivity contribution in [1.29, 1.82) is 0 Å². The standard InChI is InChI=1S/C14H30N2/c1-7-15-10-12-8-9-13(12)16(6)11(2)14(3,4)5/h11-13,15H,7-10H2,1-6H3. The van der Waals surface area contributed by atoms with Crippen LogP contribution < -0.4 is 5.32 Å². The normalized spacial score (nSPS) is 27.9. The van der Waals surface area contributed by atoms with Crippen molar-refractivity contribution in [2.75, 3.05) is 20.1 Å². The molecule has 0 aromatic rings. The van der Waals surface area contributed by atoms with Crippen LogP contribution in [0.5, 0.6) is 0 Å². The summed E-state index contributed by atoms with van der Waals surface area (Å²) in [6.45, 7) is 13.9. The summed E-state index contributed by atoms with van der Waals surface area (Å²) < 4.78 is 0. The topological polar surface area (TPSA) is 15.3 Å². The van der Waals surface area contributed by atoms with Crippen LogP contribution in [0.3, 0.4) is 0 Å². The molecule has 2 nitrogen and oxygen atoms in total. The van der Waals surface area contributed by atoms with Crippen molar-refractivity contribution in [2.24, 2.45) is 11.3 Å². The Labute approximate surface area is 102 Å². The molecule has 0 aliphatic heterocycles. The average Bonchev–Trinajstić information content (AvgIpc) is 2.14. The van der Waals surface area contributed by atoms with Crippen LogP contribution in [-0.2, 0) is 0 Å². The summed E-state index contributed by atoms with van der Waals surface area (Å²) >= 11 is 0. The van der Waals surface area contributed by atoms with Gasteiger partial charge in [0.05, 0.1) is 0 Å². The third kappa shape index (κ3) is 3.21. The Balaban J connectivity index is 2.45. The molecule has 0 radical (unpaired) electrons. The Morgan fingerprint density at radius 2 is 1.94 bits per heavy atom. The van der Waals surface area contributed by atoms with Gasteiger partial charge in [-0.05, 0) is 51.2 Å². The number of nitrogens with one attached hydrogen (secondary N) is 1. The Morgan fingerprint density at radius 3 is 2.31 bits per heavy atom. The second-order valence-electron chi connectivity index (χ2n) is 6.42. The summed E-state index contributed by atoms with van der Waals surface area (Å²) in [5.41, 5.74) is 0.382. The van der Waals surface area contributed by atoms with E-state index in [2.05, 4.69) is 51.9 Å². The third-order valence-electron chi connectivity index (χ3n) is 4.42. The molecule has 0 aromatic carbocycles. The van der Waals surface area contributed by atoms with Gasteiger partial charge in [0.15, 0.2) is 0 Å². The lowest BCUT2D eigenvalue weighted by atomic mass is 9.76. The monoisotopic (exact) mass is 226 g/mol. The summed E-state index contributed by atoms with van der Waals surface area (Å²) in [7, 11) is 2.30. The van der Waals surface area contributed by atoms with Crippen molar-refractivity contribution in [3.8, 4) is 0 Å². The molecule has 3 atom stereocenters. The summed E-state index contributed by atoms with van der Waals surface area (Å²) in [6.07, 6.45) is 2.78. The SMILES string of the molecule is CCNCC1CCC1N(C)C(C)C(C)(C)C. The van der Waals surface area contributed by atoms with E-state index in [1.807, 2.05) is 0 Å². The van der Waals surface area contributed by atoms with Gasteiger partial charge >= 0.3 is 0 Å². The van der Waals surface area contributed by atoms with Crippen LogP contribution in [0.1, 0.15) is 47.5 Å². The lowest BCUT2D eigenvalue weighted by molar-refractivity contribution is 0.0168. The third-order valence-corrected chi connectivity index (χ3v) is 4.42. The zero-order chi connectivity index (χ0) is 12.3. The van der Waals surface area contributed by atoms with E-state index in [0.29, 0.717) is 11.5 Å². The molecule has 1 fully saturated rings. The van der Waals surface area contributed by atoms with Crippen LogP contribution in [0.15, 0.2) is 0 Å². The summed E-state index contributed by atoms with van der Waals surface area (Å²) in [5.74, 6) is 0.870. The van der Waals surface area contributed by atoms with Crippen LogP contribution in [0.2, 0.25) is 0 Å². The predicted octanol–water partition coefficient (Wildman–Crippen LogP) is 2.74. The highest BCUT2D eigenvalue weighted by Crippen LogP contribution is 2.35. The maximum atomic E-state index is 3.49. The highest BCUT2D eigenvalue weighted by Gasteiger charge is 2.37. The van der Waals surface area contributed by atoms with Crippen molar-refractivity contribution in [2.45, 2.75) is 59.5 Å². The first-order chi connectivity index (χ1) is 7.38. The van der Waals surface area contributed by atoms with Crippen LogP contribution in [0, 0.1) is 11.3 Å². The minimum absolute atomic E-state index is 0.382. The van der Waals surface area contributed by atoms with E-state index in [9.17, 15) is 0 Å². The van der Waals surface area contributed by atoms with Gasteiger partial charge in [0.2, 0.25) is 0 Å². The van der Waals surface area contributed by atoms with E-state index in [0.717, 1.165) is 18.5 Å².